The molecule has 130 valence electrons. The molecule has 6 nitrogen and oxygen atoms in total. The number of aromatic nitrogens is 2. The van der Waals surface area contributed by atoms with Gasteiger partial charge in [0.1, 0.15) is 0 Å². The van der Waals surface area contributed by atoms with Gasteiger partial charge in [0.2, 0.25) is 0 Å². The SMILES string of the molecule is COc1cccc2cc(C(=O)N3CCCC(c4cnn(C)c4)C3)oc12. The van der Waals surface area contributed by atoms with E-state index in [1.807, 2.05) is 47.2 Å². The topological polar surface area (TPSA) is 60.5 Å². The fourth-order valence-corrected chi connectivity index (χ4v) is 3.54. The Kier molecular flexibility index (Phi) is 3.95. The average molecular weight is 339 g/mol. The Labute approximate surface area is 146 Å². The zero-order valence-electron chi connectivity index (χ0n) is 14.4. The summed E-state index contributed by atoms with van der Waals surface area (Å²) < 4.78 is 12.9. The fraction of sp³-hybridized carbons (Fsp3) is 0.368. The second-order valence-electron chi connectivity index (χ2n) is 6.53. The molecule has 0 bridgehead atoms. The number of piperidine rings is 1. The van der Waals surface area contributed by atoms with Crippen molar-refractivity contribution in [3.05, 3.63) is 48.0 Å². The van der Waals surface area contributed by atoms with Gasteiger partial charge in [0, 0.05) is 37.6 Å². The lowest BCUT2D eigenvalue weighted by molar-refractivity contribution is 0.0677. The number of fused-ring (bicyclic) bond motifs is 1. The Balaban J connectivity index is 1.58. The van der Waals surface area contributed by atoms with Crippen molar-refractivity contribution in [3.8, 4) is 5.75 Å². The lowest BCUT2D eigenvalue weighted by Gasteiger charge is -2.31. The van der Waals surface area contributed by atoms with Gasteiger partial charge in [-0.2, -0.15) is 5.10 Å². The summed E-state index contributed by atoms with van der Waals surface area (Å²) >= 11 is 0. The standard InChI is InChI=1S/C19H21N3O3/c1-21-11-15(10-20-21)14-6-4-8-22(12-14)19(23)17-9-13-5-3-7-16(24-2)18(13)25-17/h3,5,7,9-11,14H,4,6,8,12H2,1-2H3. The number of carbonyl (C=O) groups is 1. The largest absolute Gasteiger partial charge is 0.493 e. The van der Waals surface area contributed by atoms with Gasteiger partial charge in [0.15, 0.2) is 17.1 Å². The summed E-state index contributed by atoms with van der Waals surface area (Å²) in [6.07, 6.45) is 5.98. The van der Waals surface area contributed by atoms with Crippen LogP contribution in [0.25, 0.3) is 11.0 Å². The molecule has 1 aliphatic heterocycles. The average Bonchev–Trinajstić information content (AvgIpc) is 3.27. The van der Waals surface area contributed by atoms with Gasteiger partial charge in [-0.1, -0.05) is 12.1 Å². The van der Waals surface area contributed by atoms with Crippen LogP contribution in [0.1, 0.15) is 34.9 Å². The summed E-state index contributed by atoms with van der Waals surface area (Å²) in [6.45, 7) is 1.45. The van der Waals surface area contributed by atoms with Crippen molar-refractivity contribution in [2.45, 2.75) is 18.8 Å². The minimum absolute atomic E-state index is 0.0631. The number of carbonyl (C=O) groups excluding carboxylic acids is 1. The fourth-order valence-electron chi connectivity index (χ4n) is 3.54. The van der Waals surface area contributed by atoms with Crippen LogP contribution in [0.15, 0.2) is 41.1 Å². The van der Waals surface area contributed by atoms with Crippen LogP contribution >= 0.6 is 0 Å². The Hall–Kier alpha value is -2.76. The first kappa shape index (κ1) is 15.7. The number of methoxy groups -OCH3 is 1. The molecule has 0 N–H and O–H groups in total. The van der Waals surface area contributed by atoms with E-state index in [-0.39, 0.29) is 5.91 Å². The van der Waals surface area contributed by atoms with Crippen molar-refractivity contribution >= 4 is 16.9 Å². The molecule has 0 aliphatic carbocycles. The normalized spacial score (nSPS) is 17.8. The number of nitrogens with zero attached hydrogens (tertiary/aromatic N) is 3. The maximum absolute atomic E-state index is 12.9. The molecule has 3 aromatic rings. The maximum Gasteiger partial charge on any atom is 0.289 e. The van der Waals surface area contributed by atoms with Crippen LogP contribution in [-0.4, -0.2) is 40.8 Å². The van der Waals surface area contributed by atoms with E-state index in [1.165, 1.54) is 5.56 Å². The lowest BCUT2D eigenvalue weighted by atomic mass is 9.92. The third-order valence-corrected chi connectivity index (χ3v) is 4.84. The molecule has 1 aromatic carbocycles. The maximum atomic E-state index is 12.9. The predicted octanol–water partition coefficient (Wildman–Crippen LogP) is 3.19. The highest BCUT2D eigenvalue weighted by molar-refractivity contribution is 5.97. The van der Waals surface area contributed by atoms with Crippen molar-refractivity contribution < 1.29 is 13.9 Å². The zero-order chi connectivity index (χ0) is 17.4. The van der Waals surface area contributed by atoms with E-state index in [4.69, 9.17) is 9.15 Å². The highest BCUT2D eigenvalue weighted by Gasteiger charge is 2.28. The van der Waals surface area contributed by atoms with E-state index >= 15 is 0 Å². The van der Waals surface area contributed by atoms with Crippen LogP contribution in [-0.2, 0) is 7.05 Å². The summed E-state index contributed by atoms with van der Waals surface area (Å²) in [5, 5.41) is 5.13. The number of likely N-dealkylation sites (tertiary alicyclic amines) is 1. The second kappa shape index (κ2) is 6.27. The van der Waals surface area contributed by atoms with Crippen LogP contribution in [0.3, 0.4) is 0 Å². The minimum Gasteiger partial charge on any atom is -0.493 e. The van der Waals surface area contributed by atoms with Gasteiger partial charge in [-0.3, -0.25) is 9.48 Å². The molecule has 2 aromatic heterocycles. The van der Waals surface area contributed by atoms with Crippen LogP contribution < -0.4 is 4.74 Å². The smallest absolute Gasteiger partial charge is 0.289 e. The van der Waals surface area contributed by atoms with Crippen LogP contribution in [0.2, 0.25) is 0 Å². The van der Waals surface area contributed by atoms with E-state index in [0.29, 0.717) is 29.6 Å². The molecule has 1 saturated heterocycles. The van der Waals surface area contributed by atoms with E-state index in [0.717, 1.165) is 24.8 Å². The summed E-state index contributed by atoms with van der Waals surface area (Å²) in [7, 11) is 3.51. The van der Waals surface area contributed by atoms with Gasteiger partial charge in [-0.15, -0.1) is 0 Å². The molecular formula is C19H21N3O3. The van der Waals surface area contributed by atoms with E-state index in [2.05, 4.69) is 5.10 Å². The van der Waals surface area contributed by atoms with Crippen molar-refractivity contribution in [1.82, 2.24) is 14.7 Å². The molecule has 6 heteroatoms. The van der Waals surface area contributed by atoms with Crippen molar-refractivity contribution in [3.63, 3.8) is 0 Å². The van der Waals surface area contributed by atoms with Crippen LogP contribution in [0, 0.1) is 0 Å². The van der Waals surface area contributed by atoms with Gasteiger partial charge < -0.3 is 14.1 Å². The summed E-state index contributed by atoms with van der Waals surface area (Å²) in [6, 6.07) is 7.45. The molecule has 1 aliphatic rings. The van der Waals surface area contributed by atoms with E-state index < -0.39 is 0 Å². The monoisotopic (exact) mass is 339 g/mol. The number of amides is 1. The highest BCUT2D eigenvalue weighted by Crippen LogP contribution is 2.31. The number of aryl methyl sites for hydroxylation is 1. The molecule has 1 fully saturated rings. The predicted molar refractivity (Wildman–Crippen MR) is 93.9 cm³/mol. The first-order valence-electron chi connectivity index (χ1n) is 8.50. The lowest BCUT2D eigenvalue weighted by Crippen LogP contribution is -2.38. The number of hydrogen-bond donors (Lipinski definition) is 0. The molecule has 4 rings (SSSR count). The Bertz CT molecular complexity index is 912. The number of furan rings is 1. The molecular weight excluding hydrogens is 318 g/mol. The molecule has 0 radical (unpaired) electrons. The number of hydrogen-bond acceptors (Lipinski definition) is 4. The quantitative estimate of drug-likeness (QED) is 0.735. The van der Waals surface area contributed by atoms with Crippen LogP contribution in [0.4, 0.5) is 0 Å². The second-order valence-corrected chi connectivity index (χ2v) is 6.53. The van der Waals surface area contributed by atoms with E-state index in [9.17, 15) is 4.79 Å². The number of rotatable bonds is 3. The van der Waals surface area contributed by atoms with Gasteiger partial charge in [0.05, 0.1) is 13.3 Å². The number of ether oxygens (including phenoxy) is 1. The summed E-state index contributed by atoms with van der Waals surface area (Å²) in [5.41, 5.74) is 1.81. The minimum atomic E-state index is -0.0631. The third-order valence-electron chi connectivity index (χ3n) is 4.84. The van der Waals surface area contributed by atoms with Gasteiger partial charge >= 0.3 is 0 Å². The van der Waals surface area contributed by atoms with E-state index in [1.54, 1.807) is 13.2 Å². The van der Waals surface area contributed by atoms with Crippen molar-refractivity contribution in [2.75, 3.05) is 20.2 Å². The Morgan fingerprint density at radius 2 is 2.28 bits per heavy atom. The zero-order valence-corrected chi connectivity index (χ0v) is 14.4. The number of para-hydroxylation sites is 1. The Morgan fingerprint density at radius 1 is 1.40 bits per heavy atom. The first-order valence-corrected chi connectivity index (χ1v) is 8.50. The molecule has 1 atom stereocenters. The molecule has 1 amide bonds. The number of benzene rings is 1. The summed E-state index contributed by atoms with van der Waals surface area (Å²) in [5.74, 6) is 1.27. The summed E-state index contributed by atoms with van der Waals surface area (Å²) in [4.78, 5) is 14.8. The molecule has 25 heavy (non-hydrogen) atoms. The highest BCUT2D eigenvalue weighted by atomic mass is 16.5. The molecule has 3 heterocycles. The van der Waals surface area contributed by atoms with Gasteiger partial charge in [-0.05, 0) is 30.5 Å². The van der Waals surface area contributed by atoms with Crippen LogP contribution in [0.5, 0.6) is 5.75 Å². The molecule has 1 unspecified atom stereocenters. The van der Waals surface area contributed by atoms with Crippen molar-refractivity contribution in [1.29, 1.82) is 0 Å². The molecule has 0 saturated carbocycles. The first-order chi connectivity index (χ1) is 12.2. The van der Waals surface area contributed by atoms with Gasteiger partial charge in [0.25, 0.3) is 5.91 Å². The van der Waals surface area contributed by atoms with Crippen molar-refractivity contribution in [2.24, 2.45) is 7.05 Å². The van der Waals surface area contributed by atoms with Gasteiger partial charge in [-0.25, -0.2) is 0 Å². The molecule has 0 spiro atoms. The Morgan fingerprint density at radius 3 is 3.04 bits per heavy atom. The third kappa shape index (κ3) is 2.88.